The molecular formula is C53H31N5. The van der Waals surface area contributed by atoms with Gasteiger partial charge in [0, 0.05) is 59.8 Å². The van der Waals surface area contributed by atoms with Crippen LogP contribution in [0.2, 0.25) is 0 Å². The maximum Gasteiger partial charge on any atom is 0.164 e. The largest absolute Gasteiger partial charge is 0.309 e. The van der Waals surface area contributed by atoms with Crippen LogP contribution in [-0.4, -0.2) is 23.9 Å². The molecule has 0 aliphatic heterocycles. The third kappa shape index (κ3) is 4.27. The maximum absolute atomic E-state index is 5.12. The van der Waals surface area contributed by atoms with Crippen LogP contribution < -0.4 is 0 Å². The van der Waals surface area contributed by atoms with E-state index in [1.54, 1.807) is 0 Å². The summed E-state index contributed by atoms with van der Waals surface area (Å²) < 4.78 is 4.95. The normalized spacial score (nSPS) is 12.1. The molecule has 0 bridgehead atoms. The molecule has 0 spiro atoms. The van der Waals surface area contributed by atoms with Gasteiger partial charge in [0.25, 0.3) is 0 Å². The zero-order valence-corrected chi connectivity index (χ0v) is 31.1. The second-order valence-corrected chi connectivity index (χ2v) is 15.1. The molecule has 5 heteroatoms. The van der Waals surface area contributed by atoms with Crippen molar-refractivity contribution >= 4 is 81.4 Å². The van der Waals surface area contributed by atoms with Gasteiger partial charge in [0.1, 0.15) is 0 Å². The van der Waals surface area contributed by atoms with Crippen molar-refractivity contribution in [2.24, 2.45) is 0 Å². The van der Waals surface area contributed by atoms with Gasteiger partial charge in [0.15, 0.2) is 17.5 Å². The first-order chi connectivity index (χ1) is 28.8. The zero-order chi connectivity index (χ0) is 37.9. The van der Waals surface area contributed by atoms with E-state index in [9.17, 15) is 0 Å². The first-order valence-electron chi connectivity index (χ1n) is 19.7. The molecule has 0 unspecified atom stereocenters. The molecule has 268 valence electrons. The van der Waals surface area contributed by atoms with Crippen LogP contribution in [0.5, 0.6) is 0 Å². The Hall–Kier alpha value is -7.89. The van der Waals surface area contributed by atoms with Crippen molar-refractivity contribution in [3.63, 3.8) is 0 Å². The quantitative estimate of drug-likeness (QED) is 0.181. The van der Waals surface area contributed by atoms with Crippen LogP contribution in [-0.2, 0) is 0 Å². The van der Waals surface area contributed by atoms with E-state index in [1.165, 1.54) is 70.7 Å². The minimum Gasteiger partial charge on any atom is -0.309 e. The molecule has 4 heterocycles. The second-order valence-electron chi connectivity index (χ2n) is 15.1. The van der Waals surface area contributed by atoms with Crippen molar-refractivity contribution < 1.29 is 0 Å². The molecule has 5 nitrogen and oxygen atoms in total. The van der Waals surface area contributed by atoms with E-state index in [-0.39, 0.29) is 0 Å². The van der Waals surface area contributed by atoms with Gasteiger partial charge in [-0.15, -0.1) is 0 Å². The van der Waals surface area contributed by atoms with Crippen LogP contribution in [0.3, 0.4) is 0 Å². The van der Waals surface area contributed by atoms with Gasteiger partial charge in [-0.1, -0.05) is 158 Å². The summed E-state index contributed by atoms with van der Waals surface area (Å²) in [5.74, 6) is 1.94. The highest BCUT2D eigenvalue weighted by Crippen LogP contribution is 2.45. The molecular weight excluding hydrogens is 707 g/mol. The summed E-state index contributed by atoms with van der Waals surface area (Å²) in [6.07, 6.45) is 0. The van der Waals surface area contributed by atoms with Gasteiger partial charge < -0.3 is 8.97 Å². The average Bonchev–Trinajstić information content (AvgIpc) is 3.94. The molecule has 13 aromatic rings. The van der Waals surface area contributed by atoms with Gasteiger partial charge >= 0.3 is 0 Å². The molecule has 0 fully saturated rings. The van der Waals surface area contributed by atoms with Gasteiger partial charge in [0.2, 0.25) is 0 Å². The molecule has 0 atom stereocenters. The summed E-state index contributed by atoms with van der Waals surface area (Å²) in [5, 5.41) is 12.4. The van der Waals surface area contributed by atoms with Crippen LogP contribution in [0, 0.1) is 0 Å². The molecule has 58 heavy (non-hydrogen) atoms. The van der Waals surface area contributed by atoms with Crippen molar-refractivity contribution in [1.29, 1.82) is 0 Å². The van der Waals surface area contributed by atoms with Crippen molar-refractivity contribution in [2.45, 2.75) is 0 Å². The molecule has 0 aliphatic carbocycles. The van der Waals surface area contributed by atoms with E-state index in [2.05, 4.69) is 161 Å². The number of para-hydroxylation sites is 3. The lowest BCUT2D eigenvalue weighted by molar-refractivity contribution is 1.08. The van der Waals surface area contributed by atoms with Crippen molar-refractivity contribution in [3.05, 3.63) is 188 Å². The topological polar surface area (TPSA) is 48.0 Å². The molecule has 0 radical (unpaired) electrons. The SMILES string of the molecule is c1ccc(-c2nc(-c3ccccc3)nc(-c3ccc(-n4c5ccccc5c5c6ccc7c8cccc9c%10ccccc%10n(c7c6ccc54)c98)c4ccccc34)n2)cc1. The van der Waals surface area contributed by atoms with Gasteiger partial charge in [0.05, 0.1) is 33.3 Å². The third-order valence-electron chi connectivity index (χ3n) is 12.1. The third-order valence-corrected chi connectivity index (χ3v) is 12.1. The highest BCUT2D eigenvalue weighted by Gasteiger charge is 2.23. The highest BCUT2D eigenvalue weighted by atomic mass is 15.0. The van der Waals surface area contributed by atoms with Gasteiger partial charge in [-0.3, -0.25) is 0 Å². The number of rotatable bonds is 4. The van der Waals surface area contributed by atoms with E-state index in [1.807, 2.05) is 36.4 Å². The maximum atomic E-state index is 5.12. The fourth-order valence-corrected chi connectivity index (χ4v) is 9.65. The monoisotopic (exact) mass is 737 g/mol. The molecule has 0 amide bonds. The first kappa shape index (κ1) is 31.3. The fraction of sp³-hybridized carbons (Fsp3) is 0. The Morgan fingerprint density at radius 2 is 0.793 bits per heavy atom. The van der Waals surface area contributed by atoms with E-state index in [4.69, 9.17) is 15.0 Å². The summed E-state index contributed by atoms with van der Waals surface area (Å²) in [6.45, 7) is 0. The highest BCUT2D eigenvalue weighted by molar-refractivity contribution is 6.31. The lowest BCUT2D eigenvalue weighted by Crippen LogP contribution is -2.01. The molecule has 0 aliphatic rings. The Balaban J connectivity index is 1.08. The standard InChI is InChI=1S/C53H31N5/c1-3-14-32(15-4-1)51-54-52(33-16-5-2-6-17-33)56-53(55-51)42-29-30-46(35-19-8-7-18-34(35)42)57-45-25-12-10-21-43(45)48-37-26-27-41-39-23-13-22-38-36-20-9-11-24-44(36)58(49(38)39)50(41)40(37)28-31-47(48)57/h1-31H. The molecule has 0 saturated heterocycles. The van der Waals surface area contributed by atoms with E-state index < -0.39 is 0 Å². The summed E-state index contributed by atoms with van der Waals surface area (Å²) in [6, 6.07) is 67.1. The van der Waals surface area contributed by atoms with Gasteiger partial charge in [-0.05, 0) is 41.1 Å². The van der Waals surface area contributed by atoms with Gasteiger partial charge in [-0.25, -0.2) is 15.0 Å². The van der Waals surface area contributed by atoms with Crippen LogP contribution in [0.4, 0.5) is 0 Å². The van der Waals surface area contributed by atoms with Crippen LogP contribution in [0.15, 0.2) is 188 Å². The minimum absolute atomic E-state index is 0.644. The molecule has 0 saturated carbocycles. The Kier molecular flexibility index (Phi) is 6.38. The molecule has 13 rings (SSSR count). The Morgan fingerprint density at radius 3 is 1.52 bits per heavy atom. The van der Waals surface area contributed by atoms with Crippen LogP contribution >= 0.6 is 0 Å². The Labute approximate surface area is 332 Å². The van der Waals surface area contributed by atoms with Crippen LogP contribution in [0.25, 0.3) is 121 Å². The van der Waals surface area contributed by atoms with Crippen LogP contribution in [0.1, 0.15) is 0 Å². The fourth-order valence-electron chi connectivity index (χ4n) is 9.65. The summed E-state index contributed by atoms with van der Waals surface area (Å²) in [5.41, 5.74) is 10.1. The molecule has 9 aromatic carbocycles. The van der Waals surface area contributed by atoms with Crippen molar-refractivity contribution in [3.8, 4) is 39.9 Å². The summed E-state index contributed by atoms with van der Waals surface area (Å²) >= 11 is 0. The number of benzene rings is 9. The Bertz CT molecular complexity index is 3730. The van der Waals surface area contributed by atoms with E-state index in [0.717, 1.165) is 33.2 Å². The second kappa shape index (κ2) is 11.8. The van der Waals surface area contributed by atoms with Crippen molar-refractivity contribution in [1.82, 2.24) is 23.9 Å². The predicted octanol–water partition coefficient (Wildman–Crippen LogP) is 13.4. The van der Waals surface area contributed by atoms with E-state index >= 15 is 0 Å². The summed E-state index contributed by atoms with van der Waals surface area (Å²) in [4.78, 5) is 15.2. The smallest absolute Gasteiger partial charge is 0.164 e. The Morgan fingerprint density at radius 1 is 0.293 bits per heavy atom. The molecule has 0 N–H and O–H groups in total. The van der Waals surface area contributed by atoms with Crippen molar-refractivity contribution in [2.75, 3.05) is 0 Å². The molecule has 4 aromatic heterocycles. The minimum atomic E-state index is 0.644. The number of aromatic nitrogens is 5. The van der Waals surface area contributed by atoms with E-state index in [0.29, 0.717) is 17.5 Å². The first-order valence-corrected chi connectivity index (χ1v) is 19.7. The average molecular weight is 738 g/mol. The zero-order valence-electron chi connectivity index (χ0n) is 31.1. The number of fused-ring (bicyclic) bond motifs is 13. The lowest BCUT2D eigenvalue weighted by atomic mass is 10.00. The lowest BCUT2D eigenvalue weighted by Gasteiger charge is -2.15. The number of hydrogen-bond donors (Lipinski definition) is 0. The van der Waals surface area contributed by atoms with Gasteiger partial charge in [-0.2, -0.15) is 0 Å². The summed E-state index contributed by atoms with van der Waals surface area (Å²) in [7, 11) is 0. The number of hydrogen-bond acceptors (Lipinski definition) is 3. The number of nitrogens with zero attached hydrogens (tertiary/aromatic N) is 5. The predicted molar refractivity (Wildman–Crippen MR) is 240 cm³/mol.